The van der Waals surface area contributed by atoms with Crippen molar-refractivity contribution in [3.63, 3.8) is 0 Å². The molecule has 0 spiro atoms. The third-order valence-corrected chi connectivity index (χ3v) is 4.87. The summed E-state index contributed by atoms with van der Waals surface area (Å²) >= 11 is 1.69. The van der Waals surface area contributed by atoms with E-state index in [9.17, 15) is 4.39 Å². The van der Waals surface area contributed by atoms with Crippen LogP contribution >= 0.6 is 11.8 Å². The molecule has 0 aliphatic rings. The van der Waals surface area contributed by atoms with Crippen LogP contribution in [0.4, 0.5) is 4.39 Å². The summed E-state index contributed by atoms with van der Waals surface area (Å²) in [6.07, 6.45) is 0.986. The second kappa shape index (κ2) is 7.62. The minimum Gasteiger partial charge on any atom is -0.316 e. The number of thioether (sulfide) groups is 1. The van der Waals surface area contributed by atoms with E-state index in [2.05, 4.69) is 37.4 Å². The van der Waals surface area contributed by atoms with Gasteiger partial charge in [-0.25, -0.2) is 4.39 Å². The van der Waals surface area contributed by atoms with Crippen molar-refractivity contribution in [2.45, 2.75) is 31.2 Å². The van der Waals surface area contributed by atoms with E-state index in [4.69, 9.17) is 0 Å². The highest BCUT2D eigenvalue weighted by molar-refractivity contribution is 7.99. The Bertz CT molecular complexity index is 598. The maximum atomic E-state index is 13.2. The molecule has 0 radical (unpaired) electrons. The van der Waals surface area contributed by atoms with Gasteiger partial charge < -0.3 is 5.32 Å². The van der Waals surface area contributed by atoms with E-state index >= 15 is 0 Å². The summed E-state index contributed by atoms with van der Waals surface area (Å²) in [5.41, 5.74) is 4.01. The summed E-state index contributed by atoms with van der Waals surface area (Å²) in [5.74, 6) is 0.752. The summed E-state index contributed by atoms with van der Waals surface area (Å²) in [6, 6.07) is 13.8. The van der Waals surface area contributed by atoms with Gasteiger partial charge in [0.05, 0.1) is 0 Å². The van der Waals surface area contributed by atoms with Crippen molar-refractivity contribution in [1.29, 1.82) is 0 Å². The van der Waals surface area contributed by atoms with Crippen LogP contribution in [0.2, 0.25) is 0 Å². The Morgan fingerprint density at radius 1 is 1.10 bits per heavy atom. The number of halogens is 1. The molecule has 112 valence electrons. The van der Waals surface area contributed by atoms with Crippen LogP contribution in [0.1, 0.15) is 16.7 Å². The Kier molecular flexibility index (Phi) is 5.83. The first kappa shape index (κ1) is 16.1. The molecule has 2 aromatic carbocycles. The first-order chi connectivity index (χ1) is 10.1. The van der Waals surface area contributed by atoms with Gasteiger partial charge in [0.1, 0.15) is 5.82 Å². The standard InChI is InChI=1S/C18H22FNS/c1-13-7-8-15(9-14(13)2)10-17(20-3)12-21-18-6-4-5-16(19)11-18/h4-9,11,17,20H,10,12H2,1-3H3. The highest BCUT2D eigenvalue weighted by atomic mass is 32.2. The number of hydrogen-bond acceptors (Lipinski definition) is 2. The molecule has 21 heavy (non-hydrogen) atoms. The van der Waals surface area contributed by atoms with Crippen molar-refractivity contribution in [3.8, 4) is 0 Å². The van der Waals surface area contributed by atoms with Crippen LogP contribution in [0.15, 0.2) is 47.4 Å². The molecule has 0 saturated carbocycles. The molecule has 0 saturated heterocycles. The lowest BCUT2D eigenvalue weighted by Gasteiger charge is -2.16. The van der Waals surface area contributed by atoms with Crippen LogP contribution in [0.5, 0.6) is 0 Å². The van der Waals surface area contributed by atoms with Crippen LogP contribution < -0.4 is 5.32 Å². The Morgan fingerprint density at radius 3 is 2.57 bits per heavy atom. The summed E-state index contributed by atoms with van der Waals surface area (Å²) in [5, 5.41) is 3.35. The molecule has 3 heteroatoms. The Labute approximate surface area is 131 Å². The number of nitrogens with one attached hydrogen (secondary N) is 1. The zero-order valence-corrected chi connectivity index (χ0v) is 13.6. The van der Waals surface area contributed by atoms with Crippen molar-refractivity contribution < 1.29 is 4.39 Å². The van der Waals surface area contributed by atoms with Gasteiger partial charge in [-0.2, -0.15) is 0 Å². The second-order valence-corrected chi connectivity index (χ2v) is 6.47. The normalized spacial score (nSPS) is 12.4. The summed E-state index contributed by atoms with van der Waals surface area (Å²) in [7, 11) is 1.98. The fraction of sp³-hybridized carbons (Fsp3) is 0.333. The quantitative estimate of drug-likeness (QED) is 0.796. The SMILES string of the molecule is CNC(CSc1cccc(F)c1)Cc1ccc(C)c(C)c1. The van der Waals surface area contributed by atoms with E-state index in [1.165, 1.54) is 22.8 Å². The zero-order valence-electron chi connectivity index (χ0n) is 12.8. The molecule has 1 unspecified atom stereocenters. The topological polar surface area (TPSA) is 12.0 Å². The molecule has 0 aromatic heterocycles. The fourth-order valence-corrected chi connectivity index (χ4v) is 3.26. The minimum atomic E-state index is -0.171. The Morgan fingerprint density at radius 2 is 1.90 bits per heavy atom. The van der Waals surface area contributed by atoms with Crippen LogP contribution in [0, 0.1) is 19.7 Å². The number of benzene rings is 2. The van der Waals surface area contributed by atoms with Crippen LogP contribution in [-0.4, -0.2) is 18.8 Å². The molecule has 1 N–H and O–H groups in total. The van der Waals surface area contributed by atoms with Gasteiger partial charge in [-0.05, 0) is 62.2 Å². The molecule has 1 nitrogen and oxygen atoms in total. The van der Waals surface area contributed by atoms with Gasteiger partial charge in [-0.3, -0.25) is 0 Å². The predicted molar refractivity (Wildman–Crippen MR) is 89.6 cm³/mol. The van der Waals surface area contributed by atoms with E-state index in [0.717, 1.165) is 17.1 Å². The smallest absolute Gasteiger partial charge is 0.124 e. The number of rotatable bonds is 6. The van der Waals surface area contributed by atoms with Crippen molar-refractivity contribution in [3.05, 3.63) is 65.0 Å². The summed E-state index contributed by atoms with van der Waals surface area (Å²) in [4.78, 5) is 0.982. The van der Waals surface area contributed by atoms with E-state index in [0.29, 0.717) is 6.04 Å². The Hall–Kier alpha value is -1.32. The molecule has 0 aliphatic heterocycles. The van der Waals surface area contributed by atoms with Crippen molar-refractivity contribution in [2.75, 3.05) is 12.8 Å². The average Bonchev–Trinajstić information content (AvgIpc) is 2.47. The lowest BCUT2D eigenvalue weighted by molar-refractivity contribution is 0.615. The van der Waals surface area contributed by atoms with Gasteiger partial charge in [0.25, 0.3) is 0 Å². The molecule has 0 heterocycles. The third kappa shape index (κ3) is 4.87. The van der Waals surface area contributed by atoms with E-state index in [-0.39, 0.29) is 5.82 Å². The van der Waals surface area contributed by atoms with Gasteiger partial charge in [0.2, 0.25) is 0 Å². The van der Waals surface area contributed by atoms with Crippen molar-refractivity contribution in [1.82, 2.24) is 5.32 Å². The highest BCUT2D eigenvalue weighted by Crippen LogP contribution is 2.21. The first-order valence-corrected chi connectivity index (χ1v) is 8.19. The second-order valence-electron chi connectivity index (χ2n) is 5.38. The molecule has 1 atom stereocenters. The number of aryl methyl sites for hydroxylation is 2. The third-order valence-electron chi connectivity index (χ3n) is 3.71. The molecule has 0 bridgehead atoms. The zero-order chi connectivity index (χ0) is 15.2. The largest absolute Gasteiger partial charge is 0.316 e. The molecule has 2 aromatic rings. The van der Waals surface area contributed by atoms with E-state index < -0.39 is 0 Å². The predicted octanol–water partition coefficient (Wildman–Crippen LogP) is 4.37. The monoisotopic (exact) mass is 303 g/mol. The molecular weight excluding hydrogens is 281 g/mol. The highest BCUT2D eigenvalue weighted by Gasteiger charge is 2.09. The molecule has 0 aliphatic carbocycles. The Balaban J connectivity index is 1.95. The van der Waals surface area contributed by atoms with Crippen molar-refractivity contribution in [2.24, 2.45) is 0 Å². The van der Waals surface area contributed by atoms with Crippen LogP contribution in [0.3, 0.4) is 0 Å². The van der Waals surface area contributed by atoms with Gasteiger partial charge >= 0.3 is 0 Å². The van der Waals surface area contributed by atoms with Crippen LogP contribution in [-0.2, 0) is 6.42 Å². The molecule has 2 rings (SSSR count). The summed E-state index contributed by atoms with van der Waals surface area (Å²) in [6.45, 7) is 4.28. The van der Waals surface area contributed by atoms with Gasteiger partial charge in [-0.1, -0.05) is 24.3 Å². The van der Waals surface area contributed by atoms with E-state index in [1.54, 1.807) is 23.9 Å². The minimum absolute atomic E-state index is 0.171. The fourth-order valence-electron chi connectivity index (χ4n) is 2.21. The van der Waals surface area contributed by atoms with Crippen molar-refractivity contribution >= 4 is 11.8 Å². The first-order valence-electron chi connectivity index (χ1n) is 7.20. The van der Waals surface area contributed by atoms with Gasteiger partial charge in [-0.15, -0.1) is 11.8 Å². The maximum Gasteiger partial charge on any atom is 0.124 e. The van der Waals surface area contributed by atoms with Gasteiger partial charge in [0, 0.05) is 16.7 Å². The van der Waals surface area contributed by atoms with E-state index in [1.807, 2.05) is 13.1 Å². The molecular formula is C18H22FNS. The lowest BCUT2D eigenvalue weighted by atomic mass is 10.0. The molecule has 0 fully saturated rings. The lowest BCUT2D eigenvalue weighted by Crippen LogP contribution is -2.30. The summed E-state index contributed by atoms with van der Waals surface area (Å²) < 4.78 is 13.2. The number of likely N-dealkylation sites (N-methyl/N-ethyl adjacent to an activating group) is 1. The maximum absolute atomic E-state index is 13.2. The molecule has 0 amide bonds. The average molecular weight is 303 g/mol. The van der Waals surface area contributed by atoms with Crippen LogP contribution in [0.25, 0.3) is 0 Å². The number of hydrogen-bond donors (Lipinski definition) is 1. The van der Waals surface area contributed by atoms with Gasteiger partial charge in [0.15, 0.2) is 0 Å².